The molecule has 1 heterocycles. The largest absolute Gasteiger partial charge is 0.480 e. The lowest BCUT2D eigenvalue weighted by Crippen LogP contribution is -2.57. The van der Waals surface area contributed by atoms with Crippen molar-refractivity contribution in [3.63, 3.8) is 0 Å². The van der Waals surface area contributed by atoms with Crippen molar-refractivity contribution in [1.82, 2.24) is 15.5 Å². The summed E-state index contributed by atoms with van der Waals surface area (Å²) < 4.78 is 0. The molecule has 3 amide bonds. The summed E-state index contributed by atoms with van der Waals surface area (Å²) in [6, 6.07) is -3.54. The molecule has 0 aliphatic carbocycles. The highest BCUT2D eigenvalue weighted by molar-refractivity contribution is 5.93. The SMILES string of the molecule is CC(O)C(NC(=O)C(N)CO)C(=O)NCC(=O)N1CCCC1C(=O)O. The van der Waals surface area contributed by atoms with Crippen LogP contribution < -0.4 is 16.4 Å². The first-order chi connectivity index (χ1) is 11.7. The minimum Gasteiger partial charge on any atom is -0.480 e. The zero-order valence-corrected chi connectivity index (χ0v) is 13.8. The van der Waals surface area contributed by atoms with E-state index in [4.69, 9.17) is 15.9 Å². The first-order valence-corrected chi connectivity index (χ1v) is 7.83. The van der Waals surface area contributed by atoms with E-state index in [1.165, 1.54) is 11.8 Å². The monoisotopic (exact) mass is 360 g/mol. The van der Waals surface area contributed by atoms with Gasteiger partial charge in [0, 0.05) is 6.54 Å². The van der Waals surface area contributed by atoms with Gasteiger partial charge in [0.05, 0.1) is 19.3 Å². The predicted octanol–water partition coefficient (Wildman–Crippen LogP) is -3.64. The van der Waals surface area contributed by atoms with Crippen molar-refractivity contribution in [3.8, 4) is 0 Å². The Bertz CT molecular complexity index is 525. The number of hydrogen-bond acceptors (Lipinski definition) is 7. The summed E-state index contributed by atoms with van der Waals surface area (Å²) in [6.45, 7) is 0.448. The highest BCUT2D eigenvalue weighted by Crippen LogP contribution is 2.17. The van der Waals surface area contributed by atoms with Gasteiger partial charge in [-0.2, -0.15) is 0 Å². The van der Waals surface area contributed by atoms with E-state index in [1.807, 2.05) is 0 Å². The van der Waals surface area contributed by atoms with Gasteiger partial charge in [-0.3, -0.25) is 14.4 Å². The number of carbonyl (C=O) groups is 4. The molecule has 0 spiro atoms. The quantitative estimate of drug-likeness (QED) is 0.256. The van der Waals surface area contributed by atoms with E-state index in [0.29, 0.717) is 12.8 Å². The fraction of sp³-hybridized carbons (Fsp3) is 0.714. The van der Waals surface area contributed by atoms with E-state index in [0.717, 1.165) is 0 Å². The van der Waals surface area contributed by atoms with Crippen molar-refractivity contribution >= 4 is 23.7 Å². The summed E-state index contributed by atoms with van der Waals surface area (Å²) in [7, 11) is 0. The van der Waals surface area contributed by atoms with Crippen LogP contribution in [0, 0.1) is 0 Å². The van der Waals surface area contributed by atoms with Crippen molar-refractivity contribution in [1.29, 1.82) is 0 Å². The van der Waals surface area contributed by atoms with Crippen LogP contribution in [-0.4, -0.2) is 87.8 Å². The molecule has 0 aromatic rings. The van der Waals surface area contributed by atoms with Gasteiger partial charge in [-0.05, 0) is 19.8 Å². The lowest BCUT2D eigenvalue weighted by molar-refractivity contribution is -0.148. The molecule has 1 fully saturated rings. The summed E-state index contributed by atoms with van der Waals surface area (Å²) in [5, 5.41) is 31.9. The molecule has 1 saturated heterocycles. The molecule has 0 radical (unpaired) electrons. The molecule has 4 unspecified atom stereocenters. The van der Waals surface area contributed by atoms with Gasteiger partial charge in [0.1, 0.15) is 18.1 Å². The number of nitrogens with zero attached hydrogens (tertiary/aromatic N) is 1. The third kappa shape index (κ3) is 5.66. The third-order valence-electron chi connectivity index (χ3n) is 3.87. The molecule has 0 aromatic carbocycles. The van der Waals surface area contributed by atoms with E-state index in [2.05, 4.69) is 10.6 Å². The molecule has 1 aliphatic heterocycles. The molecule has 0 saturated carbocycles. The van der Waals surface area contributed by atoms with Crippen molar-refractivity contribution in [2.45, 2.75) is 44.0 Å². The van der Waals surface area contributed by atoms with Gasteiger partial charge in [-0.25, -0.2) is 4.79 Å². The van der Waals surface area contributed by atoms with Crippen LogP contribution in [0.25, 0.3) is 0 Å². The van der Waals surface area contributed by atoms with Crippen LogP contribution in [0.3, 0.4) is 0 Å². The van der Waals surface area contributed by atoms with E-state index in [-0.39, 0.29) is 6.54 Å². The number of aliphatic carboxylic acids is 1. The molecule has 7 N–H and O–H groups in total. The maximum absolute atomic E-state index is 12.1. The number of nitrogens with two attached hydrogens (primary N) is 1. The van der Waals surface area contributed by atoms with Crippen molar-refractivity contribution < 1.29 is 34.5 Å². The molecule has 142 valence electrons. The Morgan fingerprint density at radius 2 is 1.92 bits per heavy atom. The smallest absolute Gasteiger partial charge is 0.326 e. The van der Waals surface area contributed by atoms with Crippen LogP contribution in [0.2, 0.25) is 0 Å². The normalized spacial score (nSPS) is 20.5. The van der Waals surface area contributed by atoms with Crippen LogP contribution >= 0.6 is 0 Å². The lowest BCUT2D eigenvalue weighted by atomic mass is 10.1. The molecular weight excluding hydrogens is 336 g/mol. The molecule has 4 atom stereocenters. The number of carbonyl (C=O) groups excluding carboxylic acids is 3. The summed E-state index contributed by atoms with van der Waals surface area (Å²) in [4.78, 5) is 48.0. The van der Waals surface area contributed by atoms with Crippen molar-refractivity contribution in [2.75, 3.05) is 19.7 Å². The number of carboxylic acids is 1. The van der Waals surface area contributed by atoms with Gasteiger partial charge in [0.25, 0.3) is 0 Å². The van der Waals surface area contributed by atoms with Crippen LogP contribution in [0.15, 0.2) is 0 Å². The van der Waals surface area contributed by atoms with Gasteiger partial charge in [-0.15, -0.1) is 0 Å². The first kappa shape index (κ1) is 20.8. The van der Waals surface area contributed by atoms with Gasteiger partial charge < -0.3 is 36.6 Å². The number of amides is 3. The Morgan fingerprint density at radius 1 is 1.28 bits per heavy atom. The predicted molar refractivity (Wildman–Crippen MR) is 84.1 cm³/mol. The maximum Gasteiger partial charge on any atom is 0.326 e. The second-order valence-electron chi connectivity index (χ2n) is 5.82. The number of likely N-dealkylation sites (tertiary alicyclic amines) is 1. The summed E-state index contributed by atoms with van der Waals surface area (Å²) >= 11 is 0. The molecule has 25 heavy (non-hydrogen) atoms. The van der Waals surface area contributed by atoms with Crippen LogP contribution in [0.1, 0.15) is 19.8 Å². The van der Waals surface area contributed by atoms with Crippen molar-refractivity contribution in [3.05, 3.63) is 0 Å². The topological polar surface area (TPSA) is 182 Å². The number of aliphatic hydroxyl groups excluding tert-OH is 2. The molecular formula is C14H24N4O7. The highest BCUT2D eigenvalue weighted by Gasteiger charge is 2.34. The number of hydrogen-bond donors (Lipinski definition) is 6. The number of carboxylic acid groups (broad SMARTS) is 1. The van der Waals surface area contributed by atoms with E-state index in [1.54, 1.807) is 0 Å². The Labute approximate surface area is 144 Å². The number of rotatable bonds is 8. The van der Waals surface area contributed by atoms with Gasteiger partial charge in [0.2, 0.25) is 17.7 Å². The summed E-state index contributed by atoms with van der Waals surface area (Å²) in [5.41, 5.74) is 5.32. The molecule has 1 rings (SSSR count). The fourth-order valence-corrected chi connectivity index (χ4v) is 2.44. The van der Waals surface area contributed by atoms with E-state index in [9.17, 15) is 24.3 Å². The van der Waals surface area contributed by atoms with Gasteiger partial charge in [0.15, 0.2) is 0 Å². The Morgan fingerprint density at radius 3 is 2.44 bits per heavy atom. The number of nitrogens with one attached hydrogen (secondary N) is 2. The second kappa shape index (κ2) is 9.30. The van der Waals surface area contributed by atoms with E-state index >= 15 is 0 Å². The Hall–Kier alpha value is -2.24. The number of aliphatic hydroxyl groups is 2. The zero-order valence-electron chi connectivity index (χ0n) is 13.8. The van der Waals surface area contributed by atoms with Gasteiger partial charge >= 0.3 is 5.97 Å². The molecule has 0 bridgehead atoms. The van der Waals surface area contributed by atoms with Crippen LogP contribution in [0.5, 0.6) is 0 Å². The van der Waals surface area contributed by atoms with Crippen LogP contribution in [0.4, 0.5) is 0 Å². The zero-order chi connectivity index (χ0) is 19.1. The minimum absolute atomic E-state index is 0.285. The fourth-order valence-electron chi connectivity index (χ4n) is 2.44. The lowest BCUT2D eigenvalue weighted by Gasteiger charge is -2.24. The maximum atomic E-state index is 12.1. The van der Waals surface area contributed by atoms with Crippen LogP contribution in [-0.2, 0) is 19.2 Å². The average Bonchev–Trinajstić information content (AvgIpc) is 3.05. The molecule has 11 heteroatoms. The highest BCUT2D eigenvalue weighted by atomic mass is 16.4. The standard InChI is InChI=1S/C14H24N4O7/c1-7(20)11(17-12(22)8(15)6-19)13(23)16-5-10(21)18-4-2-3-9(18)14(24)25/h7-9,11,19-20H,2-6,15H2,1H3,(H,16,23)(H,17,22)(H,24,25). The summed E-state index contributed by atoms with van der Waals surface area (Å²) in [5.74, 6) is -3.33. The second-order valence-corrected chi connectivity index (χ2v) is 5.82. The summed E-state index contributed by atoms with van der Waals surface area (Å²) in [6.07, 6.45) is -0.369. The third-order valence-corrected chi connectivity index (χ3v) is 3.87. The van der Waals surface area contributed by atoms with Crippen molar-refractivity contribution in [2.24, 2.45) is 5.73 Å². The Kier molecular flexibility index (Phi) is 7.74. The Balaban J connectivity index is 2.61. The molecule has 11 nitrogen and oxygen atoms in total. The van der Waals surface area contributed by atoms with Gasteiger partial charge in [-0.1, -0.05) is 0 Å². The molecule has 0 aromatic heterocycles. The van der Waals surface area contributed by atoms with E-state index < -0.39 is 61.1 Å². The minimum atomic E-state index is -1.37. The average molecular weight is 360 g/mol. The molecule has 1 aliphatic rings. The first-order valence-electron chi connectivity index (χ1n) is 7.83.